The summed E-state index contributed by atoms with van der Waals surface area (Å²) in [4.78, 5) is 0. The summed E-state index contributed by atoms with van der Waals surface area (Å²) >= 11 is 0. The van der Waals surface area contributed by atoms with Gasteiger partial charge in [0.1, 0.15) is 122 Å². The van der Waals surface area contributed by atoms with Gasteiger partial charge in [-0.2, -0.15) is 0 Å². The molecule has 29 nitrogen and oxygen atoms in total. The third kappa shape index (κ3) is 11.6. The highest BCUT2D eigenvalue weighted by Gasteiger charge is 2.56. The van der Waals surface area contributed by atoms with Crippen molar-refractivity contribution in [2.75, 3.05) is 46.2 Å². The Morgan fingerprint density at radius 1 is 0.318 bits per heavy atom. The first kappa shape index (κ1) is 54.2. The molecule has 6 rings (SSSR count). The van der Waals surface area contributed by atoms with Crippen LogP contribution in [-0.4, -0.2) is 310 Å². The van der Waals surface area contributed by atoms with Crippen LogP contribution in [0.25, 0.3) is 0 Å². The molecule has 0 spiro atoms. The van der Waals surface area contributed by atoms with Crippen molar-refractivity contribution in [2.45, 2.75) is 185 Å². The topological polar surface area (TPSA) is 466 Å². The quantitative estimate of drug-likeness (QED) is 0.0643. The zero-order chi connectivity index (χ0) is 48.3. The van der Waals surface area contributed by atoms with Gasteiger partial charge >= 0.3 is 0 Å². The zero-order valence-electron chi connectivity index (χ0n) is 35.1. The Balaban J connectivity index is 1.05. The summed E-state index contributed by atoms with van der Waals surface area (Å²) in [5.74, 6) is 0. The van der Waals surface area contributed by atoms with Gasteiger partial charge in [0, 0.05) is 12.8 Å². The minimum atomic E-state index is -2.14. The van der Waals surface area contributed by atoms with Gasteiger partial charge in [0.15, 0.2) is 31.5 Å². The second-order valence-electron chi connectivity index (χ2n) is 16.9. The van der Waals surface area contributed by atoms with E-state index in [1.807, 2.05) is 0 Å². The van der Waals surface area contributed by atoms with Gasteiger partial charge in [0.2, 0.25) is 0 Å². The van der Waals surface area contributed by atoms with E-state index in [-0.39, 0.29) is 26.1 Å². The number of hydrogen-bond donors (Lipinski definition) is 18. The maximum Gasteiger partial charge on any atom is 0.187 e. The van der Waals surface area contributed by atoms with E-state index < -0.39 is 205 Å². The van der Waals surface area contributed by atoms with Crippen LogP contribution in [0.4, 0.5) is 0 Å². The average molecular weight is 973 g/mol. The molecule has 0 aliphatic carbocycles. The first-order chi connectivity index (χ1) is 31.4. The van der Waals surface area contributed by atoms with Crippen LogP contribution in [0.2, 0.25) is 0 Å². The standard InChI is InChI=1S/C37H64O29/c38-3-11-1-10(44)2-12(57-11)9-56-28-13(4-39)59-34(24(51)19(28)46)64-30-15(6-41)61-36(26(53)21(30)48)66-32-17(8-43)62-37(27(54)22(32)49)65-31-16(7-42)60-35(25(52)20(31)47)63-29-14(5-40)58-33(55)23(50)18(29)45/h10-55H,1-9H2/t10-,11-,12?,13+,14+,15+,16+,17+,18+,19+,20+,21+,22+,23+,24+,25+,26+,27+,28+,29+,30+,31+,32+,33-,34+,35+,36+,37+/m0/s1. The van der Waals surface area contributed by atoms with Crippen molar-refractivity contribution in [1.29, 1.82) is 0 Å². The molecule has 28 atom stereocenters. The lowest BCUT2D eigenvalue weighted by molar-refractivity contribution is -0.393. The Hall–Kier alpha value is -1.16. The lowest BCUT2D eigenvalue weighted by Crippen LogP contribution is -2.68. The first-order valence-corrected chi connectivity index (χ1v) is 21.4. The van der Waals surface area contributed by atoms with E-state index >= 15 is 0 Å². The fourth-order valence-electron chi connectivity index (χ4n) is 8.75. The molecule has 6 saturated heterocycles. The van der Waals surface area contributed by atoms with Crippen molar-refractivity contribution in [3.63, 3.8) is 0 Å². The van der Waals surface area contributed by atoms with Crippen LogP contribution in [-0.2, 0) is 52.1 Å². The summed E-state index contributed by atoms with van der Waals surface area (Å²) in [6.45, 7) is -5.15. The molecule has 18 N–H and O–H groups in total. The van der Waals surface area contributed by atoms with E-state index in [0.29, 0.717) is 0 Å². The number of ether oxygens (including phenoxy) is 11. The Morgan fingerprint density at radius 2 is 0.621 bits per heavy atom. The third-order valence-corrected chi connectivity index (χ3v) is 12.4. The van der Waals surface area contributed by atoms with Crippen molar-refractivity contribution in [3.8, 4) is 0 Å². The van der Waals surface area contributed by atoms with Gasteiger partial charge in [0.05, 0.1) is 64.6 Å². The molecule has 6 fully saturated rings. The van der Waals surface area contributed by atoms with E-state index in [2.05, 4.69) is 0 Å². The first-order valence-electron chi connectivity index (χ1n) is 21.4. The molecule has 0 amide bonds. The molecule has 6 heterocycles. The molecule has 1 unspecified atom stereocenters. The highest BCUT2D eigenvalue weighted by atomic mass is 16.8. The molecule has 0 aromatic rings. The molecule has 0 aromatic carbocycles. The summed E-state index contributed by atoms with van der Waals surface area (Å²) in [6.07, 6.45) is -47.6. The van der Waals surface area contributed by atoms with Crippen LogP contribution in [0.1, 0.15) is 12.8 Å². The van der Waals surface area contributed by atoms with Gasteiger partial charge in [0.25, 0.3) is 0 Å². The zero-order valence-corrected chi connectivity index (χ0v) is 35.1. The normalized spacial score (nSPS) is 51.7. The fraction of sp³-hybridized carbons (Fsp3) is 1.00. The van der Waals surface area contributed by atoms with Crippen LogP contribution >= 0.6 is 0 Å². The van der Waals surface area contributed by atoms with Gasteiger partial charge < -0.3 is 144 Å². The molecular formula is C37H64O29. The highest BCUT2D eigenvalue weighted by molar-refractivity contribution is 4.99. The van der Waals surface area contributed by atoms with Gasteiger partial charge in [-0.3, -0.25) is 0 Å². The van der Waals surface area contributed by atoms with Gasteiger partial charge in [-0.1, -0.05) is 0 Å². The third-order valence-electron chi connectivity index (χ3n) is 12.4. The van der Waals surface area contributed by atoms with Gasteiger partial charge in [-0.15, -0.1) is 0 Å². The van der Waals surface area contributed by atoms with E-state index in [9.17, 15) is 91.9 Å². The molecule has 0 radical (unpaired) electrons. The highest BCUT2D eigenvalue weighted by Crippen LogP contribution is 2.36. The Bertz CT molecular complexity index is 1450. The number of aliphatic hydroxyl groups is 18. The molecule has 0 aromatic heterocycles. The van der Waals surface area contributed by atoms with Crippen molar-refractivity contribution >= 4 is 0 Å². The maximum absolute atomic E-state index is 11.2. The van der Waals surface area contributed by atoms with Crippen molar-refractivity contribution < 1.29 is 144 Å². The number of hydrogen-bond acceptors (Lipinski definition) is 29. The van der Waals surface area contributed by atoms with Crippen LogP contribution < -0.4 is 0 Å². The van der Waals surface area contributed by atoms with E-state index in [1.165, 1.54) is 0 Å². The van der Waals surface area contributed by atoms with Crippen LogP contribution in [0.3, 0.4) is 0 Å². The van der Waals surface area contributed by atoms with Gasteiger partial charge in [-0.05, 0) is 0 Å². The second kappa shape index (κ2) is 23.8. The largest absolute Gasteiger partial charge is 0.394 e. The van der Waals surface area contributed by atoms with E-state index in [4.69, 9.17) is 52.1 Å². The predicted octanol–water partition coefficient (Wildman–Crippen LogP) is -12.0. The van der Waals surface area contributed by atoms with Gasteiger partial charge in [-0.25, -0.2) is 0 Å². The number of aliphatic hydroxyl groups excluding tert-OH is 18. The summed E-state index contributed by atoms with van der Waals surface area (Å²) in [5, 5.41) is 189. The van der Waals surface area contributed by atoms with E-state index in [1.54, 1.807) is 0 Å². The van der Waals surface area contributed by atoms with Crippen molar-refractivity contribution in [3.05, 3.63) is 0 Å². The maximum atomic E-state index is 11.2. The summed E-state index contributed by atoms with van der Waals surface area (Å²) in [6, 6.07) is 0. The second-order valence-corrected chi connectivity index (χ2v) is 16.9. The fourth-order valence-corrected chi connectivity index (χ4v) is 8.75. The minimum Gasteiger partial charge on any atom is -0.394 e. The Morgan fingerprint density at radius 3 is 0.970 bits per heavy atom. The summed E-state index contributed by atoms with van der Waals surface area (Å²) in [5.41, 5.74) is 0. The smallest absolute Gasteiger partial charge is 0.187 e. The molecule has 29 heteroatoms. The summed E-state index contributed by atoms with van der Waals surface area (Å²) < 4.78 is 61.4. The molecule has 66 heavy (non-hydrogen) atoms. The summed E-state index contributed by atoms with van der Waals surface area (Å²) in [7, 11) is 0. The monoisotopic (exact) mass is 972 g/mol. The van der Waals surface area contributed by atoms with Crippen LogP contribution in [0, 0.1) is 0 Å². The molecular weight excluding hydrogens is 908 g/mol. The van der Waals surface area contributed by atoms with Crippen molar-refractivity contribution in [2.24, 2.45) is 0 Å². The molecule has 0 saturated carbocycles. The Labute approximate surface area is 374 Å². The number of rotatable bonds is 17. The molecule has 386 valence electrons. The Kier molecular flexibility index (Phi) is 19.6. The lowest BCUT2D eigenvalue weighted by Gasteiger charge is -2.49. The van der Waals surface area contributed by atoms with E-state index in [0.717, 1.165) is 0 Å². The molecule has 0 bridgehead atoms. The molecule has 6 aliphatic heterocycles. The minimum absolute atomic E-state index is 0.134. The SMILES string of the molecule is OC[C@@H]1C[C@H](O)CC(CO[C@H]2[C@H](O)[C@@H](O)[C@@H](O[C@H]3[C@H](O)[C@@H](O)[C@@H](O[C@H]4[C@H](O)[C@@H](O)[C@@H](O[C@H]5[C@H](O)[C@@H](O)[C@@H](O[C@H]6[C@H](O)[C@@H](O)[C@@H](O)O[C@@H]6CO)O[C@@H]5CO)O[C@@H]4CO)O[C@@H]3CO)O[C@@H]2CO)O1. The molecule has 6 aliphatic rings. The van der Waals surface area contributed by atoms with Crippen LogP contribution in [0.5, 0.6) is 0 Å². The van der Waals surface area contributed by atoms with Crippen molar-refractivity contribution in [1.82, 2.24) is 0 Å². The predicted molar refractivity (Wildman–Crippen MR) is 201 cm³/mol. The van der Waals surface area contributed by atoms with Crippen LogP contribution in [0.15, 0.2) is 0 Å². The average Bonchev–Trinajstić information content (AvgIpc) is 3.31. The lowest BCUT2D eigenvalue weighted by atomic mass is 9.95.